The Bertz CT molecular complexity index is 1400. The Morgan fingerprint density at radius 1 is 1.00 bits per heavy atom. The summed E-state index contributed by atoms with van der Waals surface area (Å²) in [6.45, 7) is 12.7. The molecule has 0 saturated carbocycles. The van der Waals surface area contributed by atoms with Crippen LogP contribution in [0.4, 0.5) is 5.82 Å². The number of nitrogens with one attached hydrogen (secondary N) is 1. The zero-order chi connectivity index (χ0) is 24.9. The lowest BCUT2D eigenvalue weighted by atomic mass is 10.0. The topological polar surface area (TPSA) is 82.0 Å². The molecule has 3 aromatic heterocycles. The van der Waals surface area contributed by atoms with Gasteiger partial charge in [0.05, 0.1) is 18.9 Å². The van der Waals surface area contributed by atoms with Crippen LogP contribution in [0.1, 0.15) is 31.3 Å². The molecule has 0 spiro atoms. The van der Waals surface area contributed by atoms with Crippen LogP contribution in [0.3, 0.4) is 0 Å². The number of nitrogens with zero attached hydrogens (tertiary/aromatic N) is 6. The first-order chi connectivity index (χ1) is 17.4. The number of aromatic nitrogens is 4. The van der Waals surface area contributed by atoms with E-state index in [0.717, 1.165) is 54.2 Å². The zero-order valence-electron chi connectivity index (χ0n) is 21.2. The summed E-state index contributed by atoms with van der Waals surface area (Å²) in [5.74, 6) is 0.902. The number of amides is 1. The molecular weight excluding hydrogens is 454 g/mol. The number of fused-ring (bicyclic) bond motifs is 2. The van der Waals surface area contributed by atoms with Crippen LogP contribution in [0.25, 0.3) is 27.8 Å². The minimum Gasteiger partial charge on any atom is -0.378 e. The number of anilines is 1. The SMILES string of the molecule is CC(C)(C)N1CCN(C(=O)c2cc3nc(-c4cccc5[nH]ccc45)cc(N4CCOCC4)n3n2)CC1. The van der Waals surface area contributed by atoms with Gasteiger partial charge in [-0.2, -0.15) is 9.61 Å². The summed E-state index contributed by atoms with van der Waals surface area (Å²) < 4.78 is 7.42. The molecule has 188 valence electrons. The van der Waals surface area contributed by atoms with Crippen molar-refractivity contribution in [2.45, 2.75) is 26.3 Å². The first-order valence-corrected chi connectivity index (χ1v) is 12.7. The van der Waals surface area contributed by atoms with E-state index < -0.39 is 0 Å². The molecule has 36 heavy (non-hydrogen) atoms. The molecular formula is C27H33N7O2. The third-order valence-electron chi connectivity index (χ3n) is 7.35. The molecule has 9 heteroatoms. The van der Waals surface area contributed by atoms with Crippen molar-refractivity contribution in [3.05, 3.63) is 48.3 Å². The maximum Gasteiger partial charge on any atom is 0.274 e. The number of piperazine rings is 1. The molecule has 9 nitrogen and oxygen atoms in total. The van der Waals surface area contributed by atoms with Crippen LogP contribution in [0.5, 0.6) is 0 Å². The molecule has 0 bridgehead atoms. The lowest BCUT2D eigenvalue weighted by Gasteiger charge is -2.42. The predicted octanol–water partition coefficient (Wildman–Crippen LogP) is 3.27. The van der Waals surface area contributed by atoms with Gasteiger partial charge < -0.3 is 19.5 Å². The quantitative estimate of drug-likeness (QED) is 0.478. The van der Waals surface area contributed by atoms with Crippen LogP contribution in [0.2, 0.25) is 0 Å². The lowest BCUT2D eigenvalue weighted by molar-refractivity contribution is 0.0446. The second kappa shape index (κ2) is 8.90. The monoisotopic (exact) mass is 487 g/mol. The van der Waals surface area contributed by atoms with Gasteiger partial charge in [0, 0.05) is 79.6 Å². The van der Waals surface area contributed by atoms with Gasteiger partial charge in [0.25, 0.3) is 5.91 Å². The Kier molecular flexibility index (Phi) is 5.69. The van der Waals surface area contributed by atoms with E-state index >= 15 is 0 Å². The highest BCUT2D eigenvalue weighted by Crippen LogP contribution is 2.31. The molecule has 2 aliphatic rings. The van der Waals surface area contributed by atoms with Crippen LogP contribution in [-0.4, -0.2) is 93.3 Å². The molecule has 5 heterocycles. The summed E-state index contributed by atoms with van der Waals surface area (Å²) in [7, 11) is 0. The third kappa shape index (κ3) is 4.12. The minimum atomic E-state index is -0.0312. The molecule has 0 unspecified atom stereocenters. The molecule has 6 rings (SSSR count). The second-order valence-corrected chi connectivity index (χ2v) is 10.6. The van der Waals surface area contributed by atoms with Crippen molar-refractivity contribution in [1.29, 1.82) is 0 Å². The van der Waals surface area contributed by atoms with Gasteiger partial charge in [0.15, 0.2) is 11.3 Å². The van der Waals surface area contributed by atoms with E-state index in [1.54, 1.807) is 0 Å². The van der Waals surface area contributed by atoms with Crippen LogP contribution in [0, 0.1) is 0 Å². The highest BCUT2D eigenvalue weighted by molar-refractivity contribution is 5.96. The summed E-state index contributed by atoms with van der Waals surface area (Å²) in [6.07, 6.45) is 1.95. The third-order valence-corrected chi connectivity index (χ3v) is 7.35. The highest BCUT2D eigenvalue weighted by Gasteiger charge is 2.30. The van der Waals surface area contributed by atoms with Gasteiger partial charge in [-0.3, -0.25) is 9.69 Å². The van der Waals surface area contributed by atoms with Crippen molar-refractivity contribution >= 4 is 28.3 Å². The highest BCUT2D eigenvalue weighted by atomic mass is 16.5. The van der Waals surface area contributed by atoms with Gasteiger partial charge in [-0.1, -0.05) is 12.1 Å². The van der Waals surface area contributed by atoms with E-state index in [4.69, 9.17) is 14.8 Å². The number of H-pyrrole nitrogens is 1. The van der Waals surface area contributed by atoms with Crippen molar-refractivity contribution < 1.29 is 9.53 Å². The van der Waals surface area contributed by atoms with E-state index in [9.17, 15) is 4.79 Å². The van der Waals surface area contributed by atoms with Crippen LogP contribution in [-0.2, 0) is 4.74 Å². The molecule has 1 amide bonds. The zero-order valence-corrected chi connectivity index (χ0v) is 21.2. The summed E-state index contributed by atoms with van der Waals surface area (Å²) >= 11 is 0. The van der Waals surface area contributed by atoms with E-state index in [-0.39, 0.29) is 11.4 Å². The number of hydrogen-bond donors (Lipinski definition) is 1. The molecule has 0 atom stereocenters. The fourth-order valence-electron chi connectivity index (χ4n) is 5.27. The van der Waals surface area contributed by atoms with E-state index in [1.165, 1.54) is 0 Å². The molecule has 2 saturated heterocycles. The Labute approximate surface area is 210 Å². The molecule has 1 aromatic carbocycles. The molecule has 2 fully saturated rings. The van der Waals surface area contributed by atoms with Crippen LogP contribution >= 0.6 is 0 Å². The largest absolute Gasteiger partial charge is 0.378 e. The average Bonchev–Trinajstić information content (AvgIpc) is 3.55. The van der Waals surface area contributed by atoms with Gasteiger partial charge >= 0.3 is 0 Å². The Morgan fingerprint density at radius 3 is 2.53 bits per heavy atom. The van der Waals surface area contributed by atoms with Crippen LogP contribution < -0.4 is 4.90 Å². The summed E-state index contributed by atoms with van der Waals surface area (Å²) in [5.41, 5.74) is 4.22. The molecule has 4 aromatic rings. The van der Waals surface area contributed by atoms with Crippen molar-refractivity contribution in [2.24, 2.45) is 0 Å². The maximum absolute atomic E-state index is 13.5. The Hall–Kier alpha value is -3.43. The number of benzene rings is 1. The Balaban J connectivity index is 1.38. The first-order valence-electron chi connectivity index (χ1n) is 12.7. The van der Waals surface area contributed by atoms with Gasteiger partial charge in [-0.25, -0.2) is 4.98 Å². The lowest BCUT2D eigenvalue weighted by Crippen LogP contribution is -2.54. The summed E-state index contributed by atoms with van der Waals surface area (Å²) in [6, 6.07) is 12.2. The molecule has 0 aliphatic carbocycles. The van der Waals surface area contributed by atoms with E-state index in [2.05, 4.69) is 59.8 Å². The van der Waals surface area contributed by atoms with Crippen molar-refractivity contribution in [3.63, 3.8) is 0 Å². The van der Waals surface area contributed by atoms with Gasteiger partial charge in [0.2, 0.25) is 0 Å². The number of morpholine rings is 1. The summed E-state index contributed by atoms with van der Waals surface area (Å²) in [4.78, 5) is 28.3. The fraction of sp³-hybridized carbons (Fsp3) is 0.444. The van der Waals surface area contributed by atoms with Crippen molar-refractivity contribution in [2.75, 3.05) is 57.4 Å². The molecule has 2 aliphatic heterocycles. The number of rotatable bonds is 3. The van der Waals surface area contributed by atoms with Gasteiger partial charge in [-0.05, 0) is 32.9 Å². The standard InChI is InChI=1S/C27H33N7O2/c1-27(2,3)33-11-9-32(10-12-33)26(35)23-17-24-29-22(19-5-4-6-21-20(19)7-8-28-21)18-25(34(24)30-23)31-13-15-36-16-14-31/h4-8,17-18,28H,9-16H2,1-3H3. The first kappa shape index (κ1) is 23.0. The smallest absolute Gasteiger partial charge is 0.274 e. The van der Waals surface area contributed by atoms with Crippen molar-refractivity contribution in [1.82, 2.24) is 29.4 Å². The van der Waals surface area contributed by atoms with E-state index in [1.807, 2.05) is 27.7 Å². The van der Waals surface area contributed by atoms with E-state index in [0.29, 0.717) is 37.6 Å². The Morgan fingerprint density at radius 2 is 1.78 bits per heavy atom. The number of carbonyl (C=O) groups excluding carboxylic acids is 1. The number of ether oxygens (including phenoxy) is 1. The number of carbonyl (C=O) groups is 1. The fourth-order valence-corrected chi connectivity index (χ4v) is 5.27. The number of aromatic amines is 1. The normalized spacial score (nSPS) is 17.9. The summed E-state index contributed by atoms with van der Waals surface area (Å²) in [5, 5.41) is 5.90. The number of hydrogen-bond acceptors (Lipinski definition) is 6. The van der Waals surface area contributed by atoms with Crippen LogP contribution in [0.15, 0.2) is 42.6 Å². The minimum absolute atomic E-state index is 0.0312. The molecule has 1 N–H and O–H groups in total. The average molecular weight is 488 g/mol. The second-order valence-electron chi connectivity index (χ2n) is 10.6. The predicted molar refractivity (Wildman–Crippen MR) is 141 cm³/mol. The maximum atomic E-state index is 13.5. The van der Waals surface area contributed by atoms with Gasteiger partial charge in [-0.15, -0.1) is 0 Å². The molecule has 0 radical (unpaired) electrons. The van der Waals surface area contributed by atoms with Crippen molar-refractivity contribution in [3.8, 4) is 11.3 Å². The van der Waals surface area contributed by atoms with Gasteiger partial charge in [0.1, 0.15) is 5.82 Å².